The molecule has 0 aromatic rings. The maximum absolute atomic E-state index is 10.8. The van der Waals surface area contributed by atoms with E-state index in [0.29, 0.717) is 71.8 Å². The van der Waals surface area contributed by atoms with Crippen LogP contribution in [0.5, 0.6) is 0 Å². The predicted molar refractivity (Wildman–Crippen MR) is 291 cm³/mol. The minimum Gasteiger partial charge on any atom is -0.513 e. The van der Waals surface area contributed by atoms with Crippen LogP contribution in [0.3, 0.4) is 0 Å². The third-order valence-electron chi connectivity index (χ3n) is 8.02. The number of aliphatic hydroxyl groups is 8. The maximum atomic E-state index is 10.8. The van der Waals surface area contributed by atoms with Crippen molar-refractivity contribution >= 4 is 46.0 Å². The minimum atomic E-state index is -0.636. The number of allylic oxidation sites excluding steroid dienone is 16. The summed E-state index contributed by atoms with van der Waals surface area (Å²) < 4.78 is 0. The van der Waals surface area contributed by atoms with Crippen LogP contribution >= 0.6 is 0 Å². The summed E-state index contributed by atoms with van der Waals surface area (Å²) in [7, 11) is 0. The van der Waals surface area contributed by atoms with Gasteiger partial charge in [0.2, 0.25) is 0 Å². The van der Waals surface area contributed by atoms with Crippen LogP contribution in [0.25, 0.3) is 0 Å². The number of carbonyl (C=O) groups excluding carboxylic acids is 4. The number of nitrogens with zero attached hydrogens (tertiary/aromatic N) is 4. The SMILES string of the molecule is CC(=O)C=C(C)NCC(O)CN=C(C)C=C(C)O.CC(=O)C=C(C)NCC(O)CN=C(C)C=C(C)O.CC(=O)C=C(C)NCC(O)CN=C(C)C=C(C)O.CC(=O)C=C(C)NCC(O)CN=C(C)C=C(C)O.[Cu].[Cu].[Cu].[Cu]. The Labute approximate surface area is 494 Å². The first-order valence-electron chi connectivity index (χ1n) is 23.2. The Morgan fingerprint density at radius 1 is 0.316 bits per heavy atom. The zero-order valence-corrected chi connectivity index (χ0v) is 50.6. The van der Waals surface area contributed by atoms with Gasteiger partial charge in [0.25, 0.3) is 0 Å². The standard InChI is InChI=1S/4C13H22N2O3.4Cu/c4*1-9(5-11(3)16)14-7-13(18)8-15-10(2)6-12(4)17;;;;/h4*5-6,13-14,17-18H,7-8H2,1-4H3;;;;. The van der Waals surface area contributed by atoms with Crippen LogP contribution in [0.15, 0.2) is 114 Å². The second-order valence-corrected chi connectivity index (χ2v) is 17.0. The van der Waals surface area contributed by atoms with Gasteiger partial charge in [-0.3, -0.25) is 39.1 Å². The molecule has 20 nitrogen and oxygen atoms in total. The monoisotopic (exact) mass is 1270 g/mol. The fourth-order valence-corrected chi connectivity index (χ4v) is 5.19. The van der Waals surface area contributed by atoms with Crippen molar-refractivity contribution in [1.82, 2.24) is 21.3 Å². The van der Waals surface area contributed by atoms with E-state index < -0.39 is 24.4 Å². The molecule has 0 heterocycles. The Hall–Kier alpha value is -4.40. The summed E-state index contributed by atoms with van der Waals surface area (Å²) in [4.78, 5) is 59.6. The van der Waals surface area contributed by atoms with Crippen molar-refractivity contribution < 1.29 is 128 Å². The zero-order chi connectivity index (χ0) is 56.5. The van der Waals surface area contributed by atoms with Gasteiger partial charge in [0.05, 0.1) is 73.6 Å². The van der Waals surface area contributed by atoms with Gasteiger partial charge in [-0.25, -0.2) is 0 Å². The third kappa shape index (κ3) is 71.7. The van der Waals surface area contributed by atoms with Crippen molar-refractivity contribution in [2.24, 2.45) is 20.0 Å². The third-order valence-corrected chi connectivity index (χ3v) is 8.02. The number of aliphatic imine (C=N–C) groups is 4. The van der Waals surface area contributed by atoms with E-state index in [1.54, 1.807) is 83.1 Å². The molecule has 24 heteroatoms. The van der Waals surface area contributed by atoms with Crippen LogP contribution in [-0.2, 0) is 87.5 Å². The second-order valence-electron chi connectivity index (χ2n) is 17.0. The number of ketones is 4. The molecule has 4 radical (unpaired) electrons. The van der Waals surface area contributed by atoms with Crippen LogP contribution in [-0.4, -0.2) is 164 Å². The van der Waals surface area contributed by atoms with E-state index in [9.17, 15) is 39.6 Å². The Morgan fingerprint density at radius 2 is 0.461 bits per heavy atom. The van der Waals surface area contributed by atoms with Crippen LogP contribution in [0.2, 0.25) is 0 Å². The maximum Gasteiger partial charge on any atom is 0.154 e. The van der Waals surface area contributed by atoms with Crippen molar-refractivity contribution in [2.45, 2.75) is 135 Å². The summed E-state index contributed by atoms with van der Waals surface area (Å²) in [6, 6.07) is 0. The van der Waals surface area contributed by atoms with Crippen molar-refractivity contribution in [3.8, 4) is 0 Å². The van der Waals surface area contributed by atoms with Gasteiger partial charge < -0.3 is 62.1 Å². The Balaban J connectivity index is -0.000000133. The second kappa shape index (κ2) is 54.0. The molecule has 0 aliphatic rings. The number of aliphatic hydroxyl groups excluding tert-OH is 8. The number of hydrogen-bond donors (Lipinski definition) is 12. The van der Waals surface area contributed by atoms with Crippen molar-refractivity contribution in [1.29, 1.82) is 0 Å². The molecule has 12 N–H and O–H groups in total. The fourth-order valence-electron chi connectivity index (χ4n) is 5.19. The topological polar surface area (TPSA) is 328 Å². The first-order valence-corrected chi connectivity index (χ1v) is 23.2. The summed E-state index contributed by atoms with van der Waals surface area (Å²) in [5.41, 5.74) is 5.49. The first kappa shape index (κ1) is 88.2. The summed E-state index contributed by atoms with van der Waals surface area (Å²) >= 11 is 0. The van der Waals surface area contributed by atoms with Gasteiger partial charge in [-0.15, -0.1) is 0 Å². The molecule has 76 heavy (non-hydrogen) atoms. The molecular formula is C52H88Cu4N8O12. The van der Waals surface area contributed by atoms with Gasteiger partial charge in [-0.2, -0.15) is 0 Å². The summed E-state index contributed by atoms with van der Waals surface area (Å²) in [5.74, 6) is 0.596. The van der Waals surface area contributed by atoms with E-state index in [1.807, 2.05) is 0 Å². The van der Waals surface area contributed by atoms with Crippen molar-refractivity contribution in [3.63, 3.8) is 0 Å². The summed E-state index contributed by atoms with van der Waals surface area (Å²) in [6.45, 7) is 28.5. The largest absolute Gasteiger partial charge is 0.513 e. The Morgan fingerprint density at radius 3 is 0.579 bits per heavy atom. The molecule has 0 aromatic carbocycles. The number of hydrogen-bond acceptors (Lipinski definition) is 20. The number of carbonyl (C=O) groups is 4. The van der Waals surface area contributed by atoms with E-state index in [-0.39, 0.29) is 141 Å². The van der Waals surface area contributed by atoms with Gasteiger partial charge in [-0.05, 0) is 159 Å². The molecule has 4 atom stereocenters. The molecule has 4 unspecified atom stereocenters. The summed E-state index contributed by atoms with van der Waals surface area (Å²) in [5, 5.41) is 86.4. The molecule has 452 valence electrons. The molecule has 0 bridgehead atoms. The smallest absolute Gasteiger partial charge is 0.154 e. The molecular weight excluding hydrogens is 1180 g/mol. The quantitative estimate of drug-likeness (QED) is 0.0202. The van der Waals surface area contributed by atoms with E-state index in [0.717, 1.165) is 0 Å². The molecule has 0 saturated carbocycles. The van der Waals surface area contributed by atoms with Crippen LogP contribution < -0.4 is 21.3 Å². The Kier molecular flexibility index (Phi) is 62.7. The van der Waals surface area contributed by atoms with Crippen LogP contribution in [0.4, 0.5) is 0 Å². The molecule has 0 amide bonds. The van der Waals surface area contributed by atoms with Gasteiger partial charge in [-0.1, -0.05) is 0 Å². The Bertz CT molecular complexity index is 1780. The average molecular weight is 1270 g/mol. The van der Waals surface area contributed by atoms with Gasteiger partial charge in [0, 0.05) is 140 Å². The van der Waals surface area contributed by atoms with Gasteiger partial charge in [0.15, 0.2) is 23.1 Å². The van der Waals surface area contributed by atoms with E-state index in [2.05, 4.69) is 41.2 Å². The predicted octanol–water partition coefficient (Wildman–Crippen LogP) is 5.40. The first-order chi connectivity index (χ1) is 33.2. The van der Waals surface area contributed by atoms with E-state index >= 15 is 0 Å². The van der Waals surface area contributed by atoms with E-state index in [1.165, 1.54) is 76.3 Å². The van der Waals surface area contributed by atoms with Gasteiger partial charge >= 0.3 is 0 Å². The average Bonchev–Trinajstić information content (AvgIpc) is 3.22. The number of nitrogens with one attached hydrogen (secondary N) is 4. The molecule has 0 spiro atoms. The van der Waals surface area contributed by atoms with Crippen LogP contribution in [0, 0.1) is 0 Å². The molecule has 0 aromatic heterocycles. The summed E-state index contributed by atoms with van der Waals surface area (Å²) in [6.07, 6.45) is 9.45. The molecule has 0 aliphatic carbocycles. The zero-order valence-electron chi connectivity index (χ0n) is 46.8. The molecule has 0 fully saturated rings. The number of rotatable bonds is 28. The van der Waals surface area contributed by atoms with Crippen molar-refractivity contribution in [2.75, 3.05) is 52.4 Å². The normalized spacial score (nSPS) is 14.7. The van der Waals surface area contributed by atoms with Crippen LogP contribution in [0.1, 0.15) is 111 Å². The van der Waals surface area contributed by atoms with E-state index in [4.69, 9.17) is 20.4 Å². The van der Waals surface area contributed by atoms with Gasteiger partial charge in [0.1, 0.15) is 0 Å². The molecule has 0 saturated heterocycles. The minimum absolute atomic E-state index is 0. The van der Waals surface area contributed by atoms with Crippen molar-refractivity contribution in [3.05, 3.63) is 94.4 Å². The fraction of sp³-hybridized carbons (Fsp3) is 0.538. The molecule has 0 rings (SSSR count). The molecule has 0 aliphatic heterocycles.